The Morgan fingerprint density at radius 2 is 1.94 bits per heavy atom. The van der Waals surface area contributed by atoms with E-state index in [0.29, 0.717) is 35.4 Å². The second-order valence-electron chi connectivity index (χ2n) is 8.12. The molecule has 4 rings (SSSR count). The topological polar surface area (TPSA) is 94.2 Å². The summed E-state index contributed by atoms with van der Waals surface area (Å²) in [4.78, 5) is 39.0. The fourth-order valence-corrected chi connectivity index (χ4v) is 4.18. The molecule has 2 amide bonds. The number of anilines is 1. The summed E-state index contributed by atoms with van der Waals surface area (Å²) in [7, 11) is 3.05. The number of hydrogen-bond acceptors (Lipinski definition) is 6. The lowest BCUT2D eigenvalue weighted by molar-refractivity contribution is -0.151. The van der Waals surface area contributed by atoms with Crippen molar-refractivity contribution in [3.8, 4) is 5.75 Å². The summed E-state index contributed by atoms with van der Waals surface area (Å²) in [6, 6.07) is 9.80. The fourth-order valence-electron chi connectivity index (χ4n) is 4.18. The molecule has 0 radical (unpaired) electrons. The van der Waals surface area contributed by atoms with Crippen LogP contribution in [0.4, 0.5) is 10.1 Å². The van der Waals surface area contributed by atoms with E-state index >= 15 is 0 Å². The van der Waals surface area contributed by atoms with E-state index in [2.05, 4.69) is 5.32 Å². The Morgan fingerprint density at radius 1 is 1.18 bits per heavy atom. The molecular formula is C24H25FN2O6. The maximum absolute atomic E-state index is 13.3. The first kappa shape index (κ1) is 22.7. The lowest BCUT2D eigenvalue weighted by Crippen LogP contribution is -2.53. The predicted molar refractivity (Wildman–Crippen MR) is 117 cm³/mol. The van der Waals surface area contributed by atoms with Gasteiger partial charge >= 0.3 is 5.97 Å². The lowest BCUT2D eigenvalue weighted by atomic mass is 9.94. The van der Waals surface area contributed by atoms with Crippen LogP contribution in [0.5, 0.6) is 5.75 Å². The number of esters is 1. The molecule has 0 saturated carbocycles. The minimum atomic E-state index is -0.431. The number of carbonyl (C=O) groups excluding carboxylic acids is 3. The monoisotopic (exact) mass is 456 g/mol. The van der Waals surface area contributed by atoms with Crippen LogP contribution in [0.2, 0.25) is 0 Å². The molecule has 2 aromatic rings. The Bertz CT molecular complexity index is 1060. The molecule has 9 heteroatoms. The van der Waals surface area contributed by atoms with Crippen molar-refractivity contribution in [3.63, 3.8) is 0 Å². The predicted octanol–water partition coefficient (Wildman–Crippen LogP) is 3.02. The Balaban J connectivity index is 1.51. The van der Waals surface area contributed by atoms with Crippen molar-refractivity contribution < 1.29 is 33.0 Å². The van der Waals surface area contributed by atoms with Gasteiger partial charge in [0, 0.05) is 18.3 Å². The van der Waals surface area contributed by atoms with Crippen LogP contribution >= 0.6 is 0 Å². The average molecular weight is 456 g/mol. The van der Waals surface area contributed by atoms with Gasteiger partial charge in [-0.3, -0.25) is 14.4 Å². The highest BCUT2D eigenvalue weighted by Gasteiger charge is 2.39. The van der Waals surface area contributed by atoms with Gasteiger partial charge in [0.15, 0.2) is 0 Å². The van der Waals surface area contributed by atoms with Crippen LogP contribution in [0.1, 0.15) is 40.0 Å². The van der Waals surface area contributed by atoms with Gasteiger partial charge in [-0.2, -0.15) is 0 Å². The zero-order valence-corrected chi connectivity index (χ0v) is 18.4. The van der Waals surface area contributed by atoms with E-state index in [0.717, 1.165) is 0 Å². The average Bonchev–Trinajstić information content (AvgIpc) is 2.82. The Hall–Kier alpha value is -3.46. The molecule has 0 aromatic heterocycles. The molecule has 1 saturated heterocycles. The number of amides is 2. The van der Waals surface area contributed by atoms with Crippen LogP contribution in [0.15, 0.2) is 42.5 Å². The second-order valence-corrected chi connectivity index (χ2v) is 8.12. The molecule has 2 aromatic carbocycles. The number of likely N-dealkylation sites (N-methyl/N-ethyl adjacent to an activating group) is 1. The van der Waals surface area contributed by atoms with E-state index in [1.54, 1.807) is 30.1 Å². The molecule has 3 atom stereocenters. The zero-order valence-electron chi connectivity index (χ0n) is 18.4. The quantitative estimate of drug-likeness (QED) is 0.711. The number of halogens is 1. The number of benzene rings is 2. The highest BCUT2D eigenvalue weighted by Crippen LogP contribution is 2.32. The lowest BCUT2D eigenvalue weighted by Gasteiger charge is -2.42. The smallest absolute Gasteiger partial charge is 0.308 e. The SMILES string of the molecule is COC(=O)C[C@H]1CC[C@@H]2[C@H](COc3ccc(NC(=O)c4ccc(F)cc4)cc3C(=O)N2C)O1. The fraction of sp³-hybridized carbons (Fsp3) is 0.375. The van der Waals surface area contributed by atoms with Gasteiger partial charge in [0.25, 0.3) is 11.8 Å². The van der Waals surface area contributed by atoms with Crippen molar-refractivity contribution in [1.29, 1.82) is 0 Å². The third-order valence-corrected chi connectivity index (χ3v) is 6.00. The Labute approximate surface area is 190 Å². The van der Waals surface area contributed by atoms with E-state index in [4.69, 9.17) is 14.2 Å². The molecule has 2 aliphatic rings. The zero-order chi connectivity index (χ0) is 23.5. The minimum Gasteiger partial charge on any atom is -0.490 e. The van der Waals surface area contributed by atoms with E-state index in [1.807, 2.05) is 0 Å². The van der Waals surface area contributed by atoms with Crippen LogP contribution in [-0.4, -0.2) is 61.7 Å². The standard InChI is InChI=1S/C24H25FN2O6/c1-27-19-9-8-17(12-22(28)31-2)33-21(19)13-32-20-10-7-16(11-18(20)24(27)30)26-23(29)14-3-5-15(25)6-4-14/h3-7,10-11,17,19,21H,8-9,12-13H2,1-2H3,(H,26,29)/t17-,19-,21+/m1/s1. The molecule has 8 nitrogen and oxygen atoms in total. The molecule has 0 unspecified atom stereocenters. The van der Waals surface area contributed by atoms with E-state index in [9.17, 15) is 18.8 Å². The van der Waals surface area contributed by atoms with Crippen molar-refractivity contribution in [2.45, 2.75) is 37.5 Å². The Morgan fingerprint density at radius 3 is 2.67 bits per heavy atom. The maximum Gasteiger partial charge on any atom is 0.308 e. The summed E-state index contributed by atoms with van der Waals surface area (Å²) in [5.74, 6) is -1.06. The van der Waals surface area contributed by atoms with Crippen molar-refractivity contribution in [1.82, 2.24) is 4.90 Å². The van der Waals surface area contributed by atoms with Crippen LogP contribution in [0.3, 0.4) is 0 Å². The van der Waals surface area contributed by atoms with Gasteiger partial charge in [0.2, 0.25) is 0 Å². The maximum atomic E-state index is 13.3. The summed E-state index contributed by atoms with van der Waals surface area (Å²) in [6.45, 7) is 0.217. The van der Waals surface area contributed by atoms with Crippen LogP contribution in [0.25, 0.3) is 0 Å². The molecule has 1 fully saturated rings. The van der Waals surface area contributed by atoms with E-state index in [1.165, 1.54) is 31.4 Å². The van der Waals surface area contributed by atoms with Crippen LogP contribution < -0.4 is 10.1 Å². The molecule has 174 valence electrons. The number of nitrogens with one attached hydrogen (secondary N) is 1. The second kappa shape index (κ2) is 9.58. The highest BCUT2D eigenvalue weighted by atomic mass is 19.1. The number of nitrogens with zero attached hydrogens (tertiary/aromatic N) is 1. The molecule has 33 heavy (non-hydrogen) atoms. The van der Waals surface area contributed by atoms with Crippen LogP contribution in [0, 0.1) is 5.82 Å². The first-order chi connectivity index (χ1) is 15.9. The largest absolute Gasteiger partial charge is 0.490 e. The summed E-state index contributed by atoms with van der Waals surface area (Å²) < 4.78 is 29.8. The molecule has 0 spiro atoms. The number of carbonyl (C=O) groups is 3. The van der Waals surface area contributed by atoms with E-state index < -0.39 is 11.7 Å². The summed E-state index contributed by atoms with van der Waals surface area (Å²) in [5.41, 5.74) is 1.04. The summed E-state index contributed by atoms with van der Waals surface area (Å²) in [5, 5.41) is 2.73. The summed E-state index contributed by atoms with van der Waals surface area (Å²) >= 11 is 0. The number of rotatable bonds is 4. The van der Waals surface area contributed by atoms with Crippen molar-refractivity contribution >= 4 is 23.5 Å². The number of hydrogen-bond donors (Lipinski definition) is 1. The van der Waals surface area contributed by atoms with Gasteiger partial charge in [0.1, 0.15) is 24.3 Å². The van der Waals surface area contributed by atoms with Gasteiger partial charge in [-0.1, -0.05) is 0 Å². The highest BCUT2D eigenvalue weighted by molar-refractivity contribution is 6.05. The molecule has 1 N–H and O–H groups in total. The Kier molecular flexibility index (Phi) is 6.60. The van der Waals surface area contributed by atoms with E-state index in [-0.39, 0.29) is 43.2 Å². The normalized spacial score (nSPS) is 22.2. The first-order valence-electron chi connectivity index (χ1n) is 10.7. The van der Waals surface area contributed by atoms with Crippen molar-refractivity contribution in [2.75, 3.05) is 26.1 Å². The number of fused-ring (bicyclic) bond motifs is 2. The van der Waals surface area contributed by atoms with Crippen molar-refractivity contribution in [2.24, 2.45) is 0 Å². The minimum absolute atomic E-state index is 0.158. The first-order valence-corrected chi connectivity index (χ1v) is 10.7. The van der Waals surface area contributed by atoms with Gasteiger partial charge in [-0.15, -0.1) is 0 Å². The van der Waals surface area contributed by atoms with Crippen LogP contribution in [-0.2, 0) is 14.3 Å². The van der Waals surface area contributed by atoms with Gasteiger partial charge in [0.05, 0.1) is 31.2 Å². The third kappa shape index (κ3) is 4.98. The number of methoxy groups -OCH3 is 1. The van der Waals surface area contributed by atoms with Gasteiger partial charge in [-0.25, -0.2) is 4.39 Å². The van der Waals surface area contributed by atoms with Gasteiger partial charge < -0.3 is 24.4 Å². The van der Waals surface area contributed by atoms with Gasteiger partial charge in [-0.05, 0) is 55.3 Å². The summed E-state index contributed by atoms with van der Waals surface area (Å²) in [6.07, 6.45) is 0.774. The third-order valence-electron chi connectivity index (χ3n) is 6.00. The molecular weight excluding hydrogens is 431 g/mol. The molecule has 0 aliphatic carbocycles. The van der Waals surface area contributed by atoms with Crippen molar-refractivity contribution in [3.05, 3.63) is 59.4 Å². The molecule has 2 heterocycles. The molecule has 0 bridgehead atoms. The molecule has 2 aliphatic heterocycles. The number of ether oxygens (including phenoxy) is 3.